The summed E-state index contributed by atoms with van der Waals surface area (Å²) >= 11 is 0. The predicted molar refractivity (Wildman–Crippen MR) is 74.7 cm³/mol. The van der Waals surface area contributed by atoms with Crippen LogP contribution in [0.1, 0.15) is 19.8 Å². The third-order valence-corrected chi connectivity index (χ3v) is 2.43. The van der Waals surface area contributed by atoms with Gasteiger partial charge in [0.25, 0.3) is 0 Å². The van der Waals surface area contributed by atoms with Crippen molar-refractivity contribution in [3.63, 3.8) is 0 Å². The van der Waals surface area contributed by atoms with Crippen molar-refractivity contribution >= 4 is 11.4 Å². The summed E-state index contributed by atoms with van der Waals surface area (Å²) in [7, 11) is 4.19. The van der Waals surface area contributed by atoms with Crippen LogP contribution < -0.4 is 10.6 Å². The van der Waals surface area contributed by atoms with E-state index < -0.39 is 0 Å². The van der Waals surface area contributed by atoms with Gasteiger partial charge in [-0.3, -0.25) is 4.98 Å². The molecule has 0 aliphatic heterocycles. The molecule has 0 radical (unpaired) electrons. The van der Waals surface area contributed by atoms with Gasteiger partial charge in [0.2, 0.25) is 0 Å². The highest BCUT2D eigenvalue weighted by Gasteiger charge is 1.96. The molecule has 0 saturated heterocycles. The molecular formula is C13H24N4. The summed E-state index contributed by atoms with van der Waals surface area (Å²) in [5, 5.41) is 6.72. The van der Waals surface area contributed by atoms with Crippen LogP contribution in [-0.2, 0) is 0 Å². The summed E-state index contributed by atoms with van der Waals surface area (Å²) in [6.45, 7) is 5.24. The Morgan fingerprint density at radius 2 is 1.76 bits per heavy atom. The van der Waals surface area contributed by atoms with E-state index in [4.69, 9.17) is 0 Å². The Morgan fingerprint density at radius 1 is 1.12 bits per heavy atom. The quantitative estimate of drug-likeness (QED) is 0.679. The van der Waals surface area contributed by atoms with E-state index in [-0.39, 0.29) is 0 Å². The van der Waals surface area contributed by atoms with Gasteiger partial charge in [-0.25, -0.2) is 0 Å². The smallest absolute Gasteiger partial charge is 0.0547 e. The fourth-order valence-corrected chi connectivity index (χ4v) is 1.53. The summed E-state index contributed by atoms with van der Waals surface area (Å²) in [5.41, 5.74) is 2.18. The van der Waals surface area contributed by atoms with E-state index in [2.05, 4.69) is 47.6 Å². The fourth-order valence-electron chi connectivity index (χ4n) is 1.53. The van der Waals surface area contributed by atoms with Crippen LogP contribution >= 0.6 is 0 Å². The van der Waals surface area contributed by atoms with Gasteiger partial charge in [-0.1, -0.05) is 6.92 Å². The van der Waals surface area contributed by atoms with Gasteiger partial charge in [0.15, 0.2) is 0 Å². The number of anilines is 2. The molecule has 17 heavy (non-hydrogen) atoms. The molecule has 1 rings (SSSR count). The van der Waals surface area contributed by atoms with Crippen molar-refractivity contribution < 1.29 is 0 Å². The van der Waals surface area contributed by atoms with Gasteiger partial charge in [0.1, 0.15) is 0 Å². The molecule has 0 bridgehead atoms. The molecule has 0 amide bonds. The minimum absolute atomic E-state index is 0.983. The molecule has 0 fully saturated rings. The number of rotatable bonds is 8. The number of nitrogens with zero attached hydrogens (tertiary/aromatic N) is 2. The van der Waals surface area contributed by atoms with E-state index in [1.165, 1.54) is 0 Å². The predicted octanol–water partition coefficient (Wildman–Crippen LogP) is 2.27. The highest BCUT2D eigenvalue weighted by atomic mass is 15.1. The van der Waals surface area contributed by atoms with E-state index in [0.29, 0.717) is 0 Å². The highest BCUT2D eigenvalue weighted by molar-refractivity contribution is 5.53. The van der Waals surface area contributed by atoms with Gasteiger partial charge >= 0.3 is 0 Å². The van der Waals surface area contributed by atoms with Crippen LogP contribution in [-0.4, -0.2) is 43.6 Å². The number of hydrogen-bond acceptors (Lipinski definition) is 4. The second-order valence-corrected chi connectivity index (χ2v) is 4.47. The third kappa shape index (κ3) is 6.12. The Balaban J connectivity index is 2.32. The van der Waals surface area contributed by atoms with Gasteiger partial charge in [-0.15, -0.1) is 0 Å². The van der Waals surface area contributed by atoms with Crippen molar-refractivity contribution in [2.24, 2.45) is 0 Å². The van der Waals surface area contributed by atoms with Crippen LogP contribution in [0.2, 0.25) is 0 Å². The Labute approximate surface area is 104 Å². The van der Waals surface area contributed by atoms with Crippen LogP contribution in [0.15, 0.2) is 18.5 Å². The molecule has 1 heterocycles. The first-order chi connectivity index (χ1) is 8.22. The second kappa shape index (κ2) is 7.90. The average molecular weight is 236 g/mol. The summed E-state index contributed by atoms with van der Waals surface area (Å²) in [6, 6.07) is 2.11. The van der Waals surface area contributed by atoms with Gasteiger partial charge in [0.05, 0.1) is 23.8 Å². The van der Waals surface area contributed by atoms with Gasteiger partial charge in [0, 0.05) is 13.1 Å². The zero-order chi connectivity index (χ0) is 12.5. The maximum absolute atomic E-state index is 4.22. The van der Waals surface area contributed by atoms with E-state index >= 15 is 0 Å². The molecule has 0 aliphatic carbocycles. The lowest BCUT2D eigenvalue weighted by atomic mass is 10.3. The molecule has 2 N–H and O–H groups in total. The summed E-state index contributed by atoms with van der Waals surface area (Å²) in [5.74, 6) is 0. The van der Waals surface area contributed by atoms with Crippen molar-refractivity contribution in [3.8, 4) is 0 Å². The number of nitrogens with one attached hydrogen (secondary N) is 2. The Bertz CT molecular complexity index is 312. The highest BCUT2D eigenvalue weighted by Crippen LogP contribution is 2.12. The molecule has 1 aromatic rings. The minimum atomic E-state index is 0.983. The molecule has 1 aromatic heterocycles. The zero-order valence-electron chi connectivity index (χ0n) is 11.2. The summed E-state index contributed by atoms with van der Waals surface area (Å²) in [6.07, 6.45) is 5.99. The largest absolute Gasteiger partial charge is 0.384 e. The van der Waals surface area contributed by atoms with E-state index in [0.717, 1.165) is 43.9 Å². The minimum Gasteiger partial charge on any atom is -0.384 e. The molecule has 4 nitrogen and oxygen atoms in total. The summed E-state index contributed by atoms with van der Waals surface area (Å²) < 4.78 is 0. The zero-order valence-corrected chi connectivity index (χ0v) is 11.2. The van der Waals surface area contributed by atoms with Crippen LogP contribution in [0.5, 0.6) is 0 Å². The lowest BCUT2D eigenvalue weighted by Crippen LogP contribution is -2.16. The van der Waals surface area contributed by atoms with Crippen molar-refractivity contribution in [1.29, 1.82) is 0 Å². The van der Waals surface area contributed by atoms with Crippen LogP contribution in [0.3, 0.4) is 0 Å². The molecule has 96 valence electrons. The summed E-state index contributed by atoms with van der Waals surface area (Å²) in [4.78, 5) is 6.41. The second-order valence-electron chi connectivity index (χ2n) is 4.47. The lowest BCUT2D eigenvalue weighted by Gasteiger charge is -2.11. The van der Waals surface area contributed by atoms with E-state index in [1.807, 2.05) is 12.4 Å². The molecule has 0 unspecified atom stereocenters. The maximum Gasteiger partial charge on any atom is 0.0547 e. The third-order valence-electron chi connectivity index (χ3n) is 2.43. The lowest BCUT2D eigenvalue weighted by molar-refractivity contribution is 0.405. The molecule has 0 aromatic carbocycles. The Kier molecular flexibility index (Phi) is 6.40. The standard InChI is InChI=1S/C13H24N4/c1-4-6-15-12-9-13(11-14-10-12)16-7-5-8-17(2)3/h9-11,15-16H,4-8H2,1-3H3. The first kappa shape index (κ1) is 13.8. The van der Waals surface area contributed by atoms with Gasteiger partial charge in [-0.2, -0.15) is 0 Å². The number of hydrogen-bond donors (Lipinski definition) is 2. The molecule has 4 heteroatoms. The monoisotopic (exact) mass is 236 g/mol. The van der Waals surface area contributed by atoms with Crippen molar-refractivity contribution in [3.05, 3.63) is 18.5 Å². The SMILES string of the molecule is CCCNc1cncc(NCCCN(C)C)c1. The van der Waals surface area contributed by atoms with E-state index in [1.54, 1.807) is 0 Å². The van der Waals surface area contributed by atoms with Gasteiger partial charge < -0.3 is 15.5 Å². The van der Waals surface area contributed by atoms with E-state index in [9.17, 15) is 0 Å². The fraction of sp³-hybridized carbons (Fsp3) is 0.615. The Hall–Kier alpha value is -1.29. The maximum atomic E-state index is 4.22. The van der Waals surface area contributed by atoms with Crippen LogP contribution in [0, 0.1) is 0 Å². The molecule has 0 aliphatic rings. The average Bonchev–Trinajstić information content (AvgIpc) is 2.32. The van der Waals surface area contributed by atoms with Crippen molar-refractivity contribution in [1.82, 2.24) is 9.88 Å². The first-order valence-electron chi connectivity index (χ1n) is 6.30. The Morgan fingerprint density at radius 3 is 2.35 bits per heavy atom. The molecule has 0 spiro atoms. The van der Waals surface area contributed by atoms with Crippen molar-refractivity contribution in [2.45, 2.75) is 19.8 Å². The molecule has 0 atom stereocenters. The number of pyridine rings is 1. The normalized spacial score (nSPS) is 10.6. The molecule has 0 saturated carbocycles. The molecular weight excluding hydrogens is 212 g/mol. The first-order valence-corrected chi connectivity index (χ1v) is 6.30. The topological polar surface area (TPSA) is 40.2 Å². The van der Waals surface area contributed by atoms with Crippen LogP contribution in [0.25, 0.3) is 0 Å². The van der Waals surface area contributed by atoms with Gasteiger partial charge in [-0.05, 0) is 39.5 Å². The number of aromatic nitrogens is 1. The van der Waals surface area contributed by atoms with Crippen LogP contribution in [0.4, 0.5) is 11.4 Å². The van der Waals surface area contributed by atoms with Crippen molar-refractivity contribution in [2.75, 3.05) is 44.4 Å².